The highest BCUT2D eigenvalue weighted by molar-refractivity contribution is 6.00. The van der Waals surface area contributed by atoms with Crippen molar-refractivity contribution in [2.24, 2.45) is 0 Å². The number of benzene rings is 1. The van der Waals surface area contributed by atoms with Crippen LogP contribution in [0.5, 0.6) is 0 Å². The van der Waals surface area contributed by atoms with Gasteiger partial charge in [-0.3, -0.25) is 4.79 Å². The van der Waals surface area contributed by atoms with Gasteiger partial charge in [-0.25, -0.2) is 14.6 Å². The second-order valence-electron chi connectivity index (χ2n) is 7.15. The van der Waals surface area contributed by atoms with Crippen molar-refractivity contribution in [3.05, 3.63) is 69.8 Å². The molecule has 26 heavy (non-hydrogen) atoms. The van der Waals surface area contributed by atoms with Gasteiger partial charge in [-0.15, -0.1) is 0 Å². The second kappa shape index (κ2) is 6.16. The largest absolute Gasteiger partial charge is 0.294 e. The Bertz CT molecular complexity index is 999. The maximum Gasteiger partial charge on any atom is 0.251 e. The number of carbonyl (C=O) groups excluding carboxylic acids is 1. The van der Waals surface area contributed by atoms with Crippen molar-refractivity contribution >= 4 is 5.78 Å². The molecule has 0 amide bonds. The van der Waals surface area contributed by atoms with E-state index in [0.29, 0.717) is 12.4 Å². The quantitative estimate of drug-likeness (QED) is 0.708. The van der Waals surface area contributed by atoms with Gasteiger partial charge in [0.25, 0.3) is 5.95 Å². The Morgan fingerprint density at radius 1 is 1.00 bits per heavy atom. The first-order chi connectivity index (χ1) is 12.4. The van der Waals surface area contributed by atoms with Crippen molar-refractivity contribution in [3.8, 4) is 5.95 Å². The molecular formula is C21H22N4O. The van der Waals surface area contributed by atoms with Crippen molar-refractivity contribution in [1.82, 2.24) is 19.7 Å². The lowest BCUT2D eigenvalue weighted by Gasteiger charge is -2.24. The second-order valence-corrected chi connectivity index (χ2v) is 7.15. The topological polar surface area (TPSA) is 60.7 Å². The van der Waals surface area contributed by atoms with Crippen LogP contribution in [0, 0.1) is 27.7 Å². The number of fused-ring (bicyclic) bond motifs is 1. The Hall–Kier alpha value is -2.82. The van der Waals surface area contributed by atoms with E-state index in [9.17, 15) is 4.79 Å². The molecule has 4 rings (SSSR count). The van der Waals surface area contributed by atoms with Crippen molar-refractivity contribution in [3.63, 3.8) is 0 Å². The maximum atomic E-state index is 12.9. The lowest BCUT2D eigenvalue weighted by molar-refractivity contribution is 0.0963. The van der Waals surface area contributed by atoms with Crippen LogP contribution < -0.4 is 0 Å². The molecule has 0 radical (unpaired) electrons. The van der Waals surface area contributed by atoms with Gasteiger partial charge in [-0.1, -0.05) is 24.3 Å². The molecule has 3 aromatic rings. The summed E-state index contributed by atoms with van der Waals surface area (Å²) in [5, 5.41) is 4.62. The fraction of sp³-hybridized carbons (Fsp3) is 0.333. The number of Topliss-reactive ketones (excluding diaryl/α,β-unsaturated/α-hetero) is 1. The average Bonchev–Trinajstić information content (AvgIpc) is 2.91. The summed E-state index contributed by atoms with van der Waals surface area (Å²) >= 11 is 0. The normalized spacial score (nSPS) is 16.6. The van der Waals surface area contributed by atoms with Crippen molar-refractivity contribution in [2.75, 3.05) is 0 Å². The number of hydrogen-bond donors (Lipinski definition) is 0. The summed E-state index contributed by atoms with van der Waals surface area (Å²) in [6, 6.07) is 10.2. The van der Waals surface area contributed by atoms with E-state index in [1.165, 1.54) is 11.1 Å². The number of aryl methyl sites for hydroxylation is 4. The zero-order valence-electron chi connectivity index (χ0n) is 15.6. The summed E-state index contributed by atoms with van der Waals surface area (Å²) in [6.07, 6.45) is 1.29. The molecule has 0 fully saturated rings. The molecule has 1 aliphatic rings. The van der Waals surface area contributed by atoms with Crippen molar-refractivity contribution in [1.29, 1.82) is 0 Å². The van der Waals surface area contributed by atoms with Gasteiger partial charge in [0.1, 0.15) is 0 Å². The molecule has 1 aromatic carbocycles. The Morgan fingerprint density at radius 3 is 2.38 bits per heavy atom. The van der Waals surface area contributed by atoms with Crippen LogP contribution in [0.15, 0.2) is 30.3 Å². The van der Waals surface area contributed by atoms with E-state index in [-0.39, 0.29) is 11.7 Å². The molecule has 0 saturated carbocycles. The third-order valence-corrected chi connectivity index (χ3v) is 5.09. The van der Waals surface area contributed by atoms with Crippen molar-refractivity contribution in [2.45, 2.75) is 46.5 Å². The Kier molecular flexibility index (Phi) is 3.94. The summed E-state index contributed by atoms with van der Waals surface area (Å²) in [4.78, 5) is 22.0. The zero-order chi connectivity index (χ0) is 18.4. The molecule has 5 nitrogen and oxygen atoms in total. The molecule has 2 aromatic heterocycles. The lowest BCUT2D eigenvalue weighted by Crippen LogP contribution is -2.21. The van der Waals surface area contributed by atoms with E-state index >= 15 is 0 Å². The number of ketones is 1. The molecule has 0 saturated heterocycles. The van der Waals surface area contributed by atoms with Gasteiger partial charge in [0.15, 0.2) is 5.78 Å². The monoisotopic (exact) mass is 346 g/mol. The highest BCUT2D eigenvalue weighted by Crippen LogP contribution is 2.36. The number of rotatable bonds is 2. The molecule has 1 aliphatic carbocycles. The lowest BCUT2D eigenvalue weighted by atomic mass is 9.80. The number of aromatic nitrogens is 4. The van der Waals surface area contributed by atoms with E-state index in [4.69, 9.17) is 0 Å². The van der Waals surface area contributed by atoms with E-state index in [0.717, 1.165) is 34.8 Å². The molecule has 0 spiro atoms. The minimum atomic E-state index is 0.160. The van der Waals surface area contributed by atoms with Crippen LogP contribution in [-0.2, 0) is 6.42 Å². The van der Waals surface area contributed by atoms with E-state index in [1.807, 2.05) is 39.0 Å². The van der Waals surface area contributed by atoms with Crippen LogP contribution >= 0.6 is 0 Å². The summed E-state index contributed by atoms with van der Waals surface area (Å²) in [5.74, 6) is 0.870. The molecular weight excluding hydrogens is 324 g/mol. The molecule has 132 valence electrons. The number of nitrogens with zero attached hydrogens (tertiary/aromatic N) is 4. The molecule has 0 N–H and O–H groups in total. The Labute approximate surface area is 153 Å². The minimum Gasteiger partial charge on any atom is -0.294 e. The smallest absolute Gasteiger partial charge is 0.251 e. The average molecular weight is 346 g/mol. The fourth-order valence-electron chi connectivity index (χ4n) is 3.99. The first-order valence-corrected chi connectivity index (χ1v) is 8.94. The van der Waals surface area contributed by atoms with Crippen LogP contribution in [0.1, 0.15) is 56.6 Å². The fourth-order valence-corrected chi connectivity index (χ4v) is 3.99. The van der Waals surface area contributed by atoms with Gasteiger partial charge in [0, 0.05) is 17.8 Å². The van der Waals surface area contributed by atoms with Gasteiger partial charge in [0.2, 0.25) is 0 Å². The van der Waals surface area contributed by atoms with Crippen LogP contribution in [0.2, 0.25) is 0 Å². The van der Waals surface area contributed by atoms with Crippen LogP contribution in [0.3, 0.4) is 0 Å². The molecule has 1 atom stereocenters. The molecule has 2 heterocycles. The third-order valence-electron chi connectivity index (χ3n) is 5.09. The highest BCUT2D eigenvalue weighted by atomic mass is 16.1. The Balaban J connectivity index is 1.84. The SMILES string of the molecule is Cc1cc(C)nc(-n2nc(C)c3c2C[C@@H](c2ccccc2C)CC3=O)n1. The van der Waals surface area contributed by atoms with Crippen molar-refractivity contribution < 1.29 is 4.79 Å². The van der Waals surface area contributed by atoms with Gasteiger partial charge >= 0.3 is 0 Å². The Morgan fingerprint density at radius 2 is 1.69 bits per heavy atom. The first kappa shape index (κ1) is 16.6. The molecule has 0 unspecified atom stereocenters. The maximum absolute atomic E-state index is 12.9. The van der Waals surface area contributed by atoms with E-state index < -0.39 is 0 Å². The minimum absolute atomic E-state index is 0.160. The predicted molar refractivity (Wildman–Crippen MR) is 99.9 cm³/mol. The van der Waals surface area contributed by atoms with Crippen LogP contribution in [-0.4, -0.2) is 25.5 Å². The van der Waals surface area contributed by atoms with Crippen LogP contribution in [0.25, 0.3) is 5.95 Å². The summed E-state index contributed by atoms with van der Waals surface area (Å²) in [6.45, 7) is 7.89. The van der Waals surface area contributed by atoms with Gasteiger partial charge < -0.3 is 0 Å². The van der Waals surface area contributed by atoms with Gasteiger partial charge in [-0.05, 0) is 57.2 Å². The summed E-state index contributed by atoms with van der Waals surface area (Å²) in [7, 11) is 0. The van der Waals surface area contributed by atoms with Gasteiger partial charge in [-0.2, -0.15) is 5.10 Å². The molecule has 5 heteroatoms. The predicted octanol–water partition coefficient (Wildman–Crippen LogP) is 3.81. The number of hydrogen-bond acceptors (Lipinski definition) is 4. The van der Waals surface area contributed by atoms with E-state index in [1.54, 1.807) is 4.68 Å². The summed E-state index contributed by atoms with van der Waals surface area (Å²) in [5.41, 5.74) is 6.68. The molecule has 0 bridgehead atoms. The third kappa shape index (κ3) is 2.73. The zero-order valence-corrected chi connectivity index (χ0v) is 15.6. The molecule has 0 aliphatic heterocycles. The first-order valence-electron chi connectivity index (χ1n) is 8.94. The van der Waals surface area contributed by atoms with Crippen LogP contribution in [0.4, 0.5) is 0 Å². The van der Waals surface area contributed by atoms with E-state index in [2.05, 4.69) is 34.1 Å². The highest BCUT2D eigenvalue weighted by Gasteiger charge is 2.33. The number of carbonyl (C=O) groups is 1. The summed E-state index contributed by atoms with van der Waals surface area (Å²) < 4.78 is 1.77. The van der Waals surface area contributed by atoms with Gasteiger partial charge in [0.05, 0.1) is 17.0 Å². The standard InChI is InChI=1S/C21H22N4O/c1-12-7-5-6-8-17(12)16-10-18-20(19(26)11-16)15(4)24-25(18)21-22-13(2)9-14(3)23-21/h5-9,16H,10-11H2,1-4H3/t16-/m1/s1.